The minimum absolute atomic E-state index is 0.270. The number of hydrogen-bond acceptors (Lipinski definition) is 4. The number of ether oxygens (including phenoxy) is 2. The molecule has 2 aromatic rings. The molecule has 0 unspecified atom stereocenters. The van der Waals surface area contributed by atoms with E-state index in [1.54, 1.807) is 50.6 Å². The van der Waals surface area contributed by atoms with Gasteiger partial charge in [0.1, 0.15) is 0 Å². The molecule has 114 valence electrons. The van der Waals surface area contributed by atoms with Gasteiger partial charge in [0.05, 0.1) is 20.4 Å². The lowest BCUT2D eigenvalue weighted by Crippen LogP contribution is -2.17. The fourth-order valence-electron chi connectivity index (χ4n) is 1.78. The molecule has 22 heavy (non-hydrogen) atoms. The summed E-state index contributed by atoms with van der Waals surface area (Å²) in [4.78, 5) is 11.9. The summed E-state index contributed by atoms with van der Waals surface area (Å²) in [5, 5.41) is 3.96. The van der Waals surface area contributed by atoms with Crippen LogP contribution in [-0.2, 0) is 0 Å². The summed E-state index contributed by atoms with van der Waals surface area (Å²) in [5.74, 6) is 0.926. The van der Waals surface area contributed by atoms with Crippen LogP contribution in [-0.4, -0.2) is 26.3 Å². The van der Waals surface area contributed by atoms with Gasteiger partial charge in [0.15, 0.2) is 11.5 Å². The Balaban J connectivity index is 2.12. The zero-order chi connectivity index (χ0) is 15.9. The lowest BCUT2D eigenvalue weighted by molar-refractivity contribution is 0.0955. The van der Waals surface area contributed by atoms with E-state index >= 15 is 0 Å². The van der Waals surface area contributed by atoms with Gasteiger partial charge >= 0.3 is 0 Å². The van der Waals surface area contributed by atoms with E-state index in [0.29, 0.717) is 17.1 Å². The van der Waals surface area contributed by atoms with E-state index < -0.39 is 0 Å². The fraction of sp³-hybridized carbons (Fsp3) is 0.125. The third-order valence-corrected chi connectivity index (χ3v) is 3.60. The number of hydrazone groups is 1. The van der Waals surface area contributed by atoms with E-state index in [9.17, 15) is 4.79 Å². The highest BCUT2D eigenvalue weighted by Gasteiger charge is 2.08. The second-order valence-electron chi connectivity index (χ2n) is 4.29. The first kappa shape index (κ1) is 16.0. The summed E-state index contributed by atoms with van der Waals surface area (Å²) in [6.07, 6.45) is 1.53. The van der Waals surface area contributed by atoms with Crippen LogP contribution >= 0.6 is 15.9 Å². The average Bonchev–Trinajstić information content (AvgIpc) is 2.56. The van der Waals surface area contributed by atoms with Crippen LogP contribution in [0, 0.1) is 0 Å². The highest BCUT2D eigenvalue weighted by Crippen LogP contribution is 2.32. The van der Waals surface area contributed by atoms with Gasteiger partial charge in [0, 0.05) is 15.6 Å². The first-order valence-electron chi connectivity index (χ1n) is 6.45. The van der Waals surface area contributed by atoms with E-state index in [2.05, 4.69) is 26.5 Å². The van der Waals surface area contributed by atoms with Gasteiger partial charge in [0.25, 0.3) is 5.91 Å². The normalized spacial score (nSPS) is 10.5. The highest BCUT2D eigenvalue weighted by atomic mass is 79.9. The summed E-state index contributed by atoms with van der Waals surface area (Å²) in [6.45, 7) is 0. The predicted octanol–water partition coefficient (Wildman–Crippen LogP) is 3.23. The number of rotatable bonds is 5. The van der Waals surface area contributed by atoms with Gasteiger partial charge in [-0.2, -0.15) is 5.10 Å². The van der Waals surface area contributed by atoms with Gasteiger partial charge in [-0.15, -0.1) is 0 Å². The minimum Gasteiger partial charge on any atom is -0.493 e. The summed E-state index contributed by atoms with van der Waals surface area (Å²) >= 11 is 3.42. The van der Waals surface area contributed by atoms with Crippen LogP contribution in [0.2, 0.25) is 0 Å². The number of nitrogens with one attached hydrogen (secondary N) is 1. The molecule has 1 amide bonds. The summed E-state index contributed by atoms with van der Waals surface area (Å²) < 4.78 is 11.2. The van der Waals surface area contributed by atoms with Crippen molar-refractivity contribution in [3.05, 3.63) is 58.1 Å². The van der Waals surface area contributed by atoms with Gasteiger partial charge < -0.3 is 9.47 Å². The first-order valence-corrected chi connectivity index (χ1v) is 7.25. The fourth-order valence-corrected chi connectivity index (χ4v) is 2.21. The van der Waals surface area contributed by atoms with Gasteiger partial charge in [-0.05, 0) is 40.2 Å². The van der Waals surface area contributed by atoms with Crippen LogP contribution in [0.1, 0.15) is 15.9 Å². The molecule has 0 saturated heterocycles. The molecule has 0 aliphatic carbocycles. The van der Waals surface area contributed by atoms with Crippen LogP contribution in [0.15, 0.2) is 52.0 Å². The molecule has 0 aromatic heterocycles. The molecule has 1 N–H and O–H groups in total. The third kappa shape index (κ3) is 3.85. The molecule has 0 spiro atoms. The van der Waals surface area contributed by atoms with Gasteiger partial charge in [-0.3, -0.25) is 4.79 Å². The number of carbonyl (C=O) groups is 1. The molecule has 6 heteroatoms. The Kier molecular flexibility index (Phi) is 5.55. The van der Waals surface area contributed by atoms with Crippen molar-refractivity contribution >= 4 is 28.1 Å². The Hall–Kier alpha value is -2.34. The molecule has 0 fully saturated rings. The molecule has 0 saturated carbocycles. The molecule has 0 aliphatic heterocycles. The van der Waals surface area contributed by atoms with Crippen LogP contribution in [0.5, 0.6) is 11.5 Å². The second-order valence-corrected chi connectivity index (χ2v) is 5.15. The Morgan fingerprint density at radius 3 is 2.41 bits per heavy atom. The number of benzene rings is 2. The molecule has 0 atom stereocenters. The topological polar surface area (TPSA) is 59.9 Å². The molecule has 2 rings (SSSR count). The molecule has 0 aliphatic rings. The molecule has 0 heterocycles. The number of nitrogens with zero attached hydrogens (tertiary/aromatic N) is 1. The van der Waals surface area contributed by atoms with Crippen LogP contribution < -0.4 is 14.9 Å². The Labute approximate surface area is 137 Å². The van der Waals surface area contributed by atoms with Crippen LogP contribution in [0.25, 0.3) is 0 Å². The second kappa shape index (κ2) is 7.61. The van der Waals surface area contributed by atoms with Gasteiger partial charge in [-0.25, -0.2) is 5.43 Å². The van der Waals surface area contributed by atoms with Crippen LogP contribution in [0.4, 0.5) is 0 Å². The van der Waals surface area contributed by atoms with Gasteiger partial charge in [-0.1, -0.05) is 18.2 Å². The molecular weight excluding hydrogens is 348 g/mol. The van der Waals surface area contributed by atoms with Gasteiger partial charge in [0.2, 0.25) is 0 Å². The number of methoxy groups -OCH3 is 2. The maximum Gasteiger partial charge on any atom is 0.271 e. The molecule has 2 aromatic carbocycles. The Morgan fingerprint density at radius 1 is 1.14 bits per heavy atom. The maximum absolute atomic E-state index is 11.9. The van der Waals surface area contributed by atoms with Crippen molar-refractivity contribution in [1.82, 2.24) is 5.43 Å². The maximum atomic E-state index is 11.9. The minimum atomic E-state index is -0.270. The zero-order valence-corrected chi connectivity index (χ0v) is 13.8. The average molecular weight is 363 g/mol. The Bertz CT molecular complexity index is 687. The zero-order valence-electron chi connectivity index (χ0n) is 12.2. The van der Waals surface area contributed by atoms with Crippen molar-refractivity contribution in [3.8, 4) is 11.5 Å². The van der Waals surface area contributed by atoms with E-state index in [1.807, 2.05) is 6.07 Å². The predicted molar refractivity (Wildman–Crippen MR) is 88.7 cm³/mol. The number of carbonyl (C=O) groups excluding carboxylic acids is 1. The lowest BCUT2D eigenvalue weighted by Gasteiger charge is -2.09. The van der Waals surface area contributed by atoms with E-state index in [1.165, 1.54) is 6.21 Å². The number of amides is 1. The van der Waals surface area contributed by atoms with E-state index in [0.717, 1.165) is 10.0 Å². The summed E-state index contributed by atoms with van der Waals surface area (Å²) in [6, 6.07) is 12.4. The standard InChI is InChI=1S/C16H15BrN2O3/c1-21-14-8-12(13(17)9-15(14)22-2)10-18-19-16(20)11-6-4-3-5-7-11/h3-10H,1-2H3,(H,19,20). The van der Waals surface area contributed by atoms with Crippen molar-refractivity contribution in [2.45, 2.75) is 0 Å². The first-order chi connectivity index (χ1) is 10.7. The monoisotopic (exact) mass is 362 g/mol. The van der Waals surface area contributed by atoms with Crippen molar-refractivity contribution in [2.24, 2.45) is 5.10 Å². The lowest BCUT2D eigenvalue weighted by atomic mass is 10.2. The van der Waals surface area contributed by atoms with Crippen molar-refractivity contribution in [3.63, 3.8) is 0 Å². The number of hydrogen-bond donors (Lipinski definition) is 1. The van der Waals surface area contributed by atoms with E-state index in [4.69, 9.17) is 9.47 Å². The third-order valence-electron chi connectivity index (χ3n) is 2.91. The molecule has 0 radical (unpaired) electrons. The Morgan fingerprint density at radius 2 is 1.77 bits per heavy atom. The molecular formula is C16H15BrN2O3. The molecule has 5 nitrogen and oxygen atoms in total. The van der Waals surface area contributed by atoms with Crippen molar-refractivity contribution < 1.29 is 14.3 Å². The number of halogens is 1. The van der Waals surface area contributed by atoms with E-state index in [-0.39, 0.29) is 5.91 Å². The smallest absolute Gasteiger partial charge is 0.271 e. The molecule has 0 bridgehead atoms. The van der Waals surface area contributed by atoms with Crippen molar-refractivity contribution in [2.75, 3.05) is 14.2 Å². The summed E-state index contributed by atoms with van der Waals surface area (Å²) in [7, 11) is 3.13. The largest absolute Gasteiger partial charge is 0.493 e. The van der Waals surface area contributed by atoms with Crippen molar-refractivity contribution in [1.29, 1.82) is 0 Å². The summed E-state index contributed by atoms with van der Waals surface area (Å²) in [5.41, 5.74) is 3.78. The quantitative estimate of drug-likeness (QED) is 0.656. The SMILES string of the molecule is COc1cc(Br)c(C=NNC(=O)c2ccccc2)cc1OC. The highest BCUT2D eigenvalue weighted by molar-refractivity contribution is 9.10. The van der Waals surface area contributed by atoms with Crippen LogP contribution in [0.3, 0.4) is 0 Å².